The Morgan fingerprint density at radius 1 is 1.10 bits per heavy atom. The fourth-order valence-corrected chi connectivity index (χ4v) is 4.10. The Hall–Kier alpha value is -2.69. The minimum absolute atomic E-state index is 0.141. The van der Waals surface area contributed by atoms with Crippen LogP contribution in [0, 0.1) is 6.92 Å². The molecule has 0 N–H and O–H groups in total. The number of rotatable bonds is 7. The number of nitrogens with zero attached hydrogens (tertiary/aromatic N) is 1. The zero-order valence-electron chi connectivity index (χ0n) is 17.1. The molecule has 0 aromatic heterocycles. The van der Waals surface area contributed by atoms with Crippen LogP contribution < -0.4 is 14.2 Å². The second kappa shape index (κ2) is 9.21. The molecule has 2 aliphatic rings. The predicted molar refractivity (Wildman–Crippen MR) is 112 cm³/mol. The van der Waals surface area contributed by atoms with E-state index in [9.17, 15) is 4.79 Å². The summed E-state index contributed by atoms with van der Waals surface area (Å²) in [6.07, 6.45) is 4.33. The van der Waals surface area contributed by atoms with Crippen molar-refractivity contribution in [2.45, 2.75) is 45.1 Å². The molecule has 2 heterocycles. The van der Waals surface area contributed by atoms with Gasteiger partial charge in [0.1, 0.15) is 19.0 Å². The monoisotopic (exact) mass is 395 g/mol. The van der Waals surface area contributed by atoms with Crippen LogP contribution in [0.4, 0.5) is 0 Å². The summed E-state index contributed by atoms with van der Waals surface area (Å²) in [6.45, 7) is 4.70. The predicted octanol–water partition coefficient (Wildman–Crippen LogP) is 4.68. The van der Waals surface area contributed by atoms with Crippen molar-refractivity contribution < 1.29 is 19.0 Å². The van der Waals surface area contributed by atoms with E-state index in [-0.39, 0.29) is 11.9 Å². The van der Waals surface area contributed by atoms with E-state index >= 15 is 0 Å². The molecule has 0 saturated carbocycles. The van der Waals surface area contributed by atoms with Crippen LogP contribution in [0.25, 0.3) is 0 Å². The number of fused-ring (bicyclic) bond motifs is 1. The molecule has 0 aliphatic carbocycles. The Bertz CT molecular complexity index is 851. The Kier molecular flexibility index (Phi) is 6.23. The lowest BCUT2D eigenvalue weighted by Crippen LogP contribution is -2.30. The molecule has 4 rings (SSSR count). The molecular formula is C24H29NO4. The molecular weight excluding hydrogens is 366 g/mol. The van der Waals surface area contributed by atoms with Crippen LogP contribution in [-0.2, 0) is 4.79 Å². The first-order valence-electron chi connectivity index (χ1n) is 10.6. The van der Waals surface area contributed by atoms with Crippen molar-refractivity contribution in [1.82, 2.24) is 4.90 Å². The fourth-order valence-electron chi connectivity index (χ4n) is 4.10. The highest BCUT2D eigenvalue weighted by Gasteiger charge is 2.30. The van der Waals surface area contributed by atoms with E-state index in [1.54, 1.807) is 0 Å². The smallest absolute Gasteiger partial charge is 0.223 e. The van der Waals surface area contributed by atoms with E-state index in [4.69, 9.17) is 14.2 Å². The number of hydrogen-bond donors (Lipinski definition) is 0. The summed E-state index contributed by atoms with van der Waals surface area (Å²) in [5.74, 6) is 2.72. The van der Waals surface area contributed by atoms with Crippen LogP contribution in [0.2, 0.25) is 0 Å². The van der Waals surface area contributed by atoms with Gasteiger partial charge in [0.05, 0.1) is 12.6 Å². The van der Waals surface area contributed by atoms with Crippen molar-refractivity contribution >= 4 is 5.91 Å². The number of hydrogen-bond acceptors (Lipinski definition) is 4. The lowest BCUT2D eigenvalue weighted by atomic mass is 10.0. The number of amides is 1. The van der Waals surface area contributed by atoms with Gasteiger partial charge in [0.2, 0.25) is 5.91 Å². The van der Waals surface area contributed by atoms with Crippen LogP contribution in [0.3, 0.4) is 0 Å². The lowest BCUT2D eigenvalue weighted by Gasteiger charge is -2.27. The zero-order chi connectivity index (χ0) is 20.1. The van der Waals surface area contributed by atoms with Crippen molar-refractivity contribution in [3.8, 4) is 17.2 Å². The van der Waals surface area contributed by atoms with Crippen LogP contribution in [0.1, 0.15) is 49.3 Å². The third kappa shape index (κ3) is 4.84. The van der Waals surface area contributed by atoms with E-state index in [2.05, 4.69) is 19.1 Å². The Balaban J connectivity index is 1.27. The minimum Gasteiger partial charge on any atom is -0.494 e. The minimum atomic E-state index is 0.141. The second-order valence-corrected chi connectivity index (χ2v) is 7.77. The normalized spacial score (nSPS) is 18.0. The number of carbonyl (C=O) groups is 1. The maximum Gasteiger partial charge on any atom is 0.223 e. The van der Waals surface area contributed by atoms with Gasteiger partial charge in [0, 0.05) is 13.0 Å². The van der Waals surface area contributed by atoms with Gasteiger partial charge in [-0.1, -0.05) is 18.2 Å². The molecule has 1 saturated heterocycles. The van der Waals surface area contributed by atoms with Crippen molar-refractivity contribution in [3.63, 3.8) is 0 Å². The average molecular weight is 395 g/mol. The molecule has 0 bridgehead atoms. The van der Waals surface area contributed by atoms with Gasteiger partial charge < -0.3 is 19.1 Å². The fraction of sp³-hybridized carbons (Fsp3) is 0.458. The average Bonchev–Trinajstić information content (AvgIpc) is 3.23. The highest BCUT2D eigenvalue weighted by molar-refractivity contribution is 5.77. The zero-order valence-corrected chi connectivity index (χ0v) is 17.1. The number of benzene rings is 2. The molecule has 29 heavy (non-hydrogen) atoms. The number of unbranched alkanes of at least 4 members (excludes halogenated alkanes) is 1. The second-order valence-electron chi connectivity index (χ2n) is 7.77. The van der Waals surface area contributed by atoms with Crippen LogP contribution in [0.15, 0.2) is 42.5 Å². The largest absolute Gasteiger partial charge is 0.494 e. The summed E-state index contributed by atoms with van der Waals surface area (Å²) in [6, 6.07) is 14.3. The van der Waals surface area contributed by atoms with Gasteiger partial charge in [0.25, 0.3) is 0 Å². The van der Waals surface area contributed by atoms with Gasteiger partial charge in [0.15, 0.2) is 11.5 Å². The van der Waals surface area contributed by atoms with E-state index in [0.717, 1.165) is 55.0 Å². The molecule has 1 fully saturated rings. The van der Waals surface area contributed by atoms with Gasteiger partial charge in [-0.25, -0.2) is 0 Å². The summed E-state index contributed by atoms with van der Waals surface area (Å²) >= 11 is 0. The Morgan fingerprint density at radius 3 is 2.83 bits per heavy atom. The first kappa shape index (κ1) is 19.6. The number of aryl methyl sites for hydroxylation is 1. The summed E-state index contributed by atoms with van der Waals surface area (Å²) in [5, 5.41) is 0. The Morgan fingerprint density at radius 2 is 1.97 bits per heavy atom. The summed E-state index contributed by atoms with van der Waals surface area (Å²) < 4.78 is 17.1. The molecule has 5 nitrogen and oxygen atoms in total. The lowest BCUT2D eigenvalue weighted by molar-refractivity contribution is -0.132. The number of carbonyl (C=O) groups excluding carboxylic acids is 1. The van der Waals surface area contributed by atoms with Gasteiger partial charge in [-0.05, 0) is 68.0 Å². The van der Waals surface area contributed by atoms with Crippen molar-refractivity contribution in [1.29, 1.82) is 0 Å². The quantitative estimate of drug-likeness (QED) is 0.639. The highest BCUT2D eigenvalue weighted by atomic mass is 16.6. The van der Waals surface area contributed by atoms with Gasteiger partial charge in [-0.2, -0.15) is 0 Å². The van der Waals surface area contributed by atoms with Crippen molar-refractivity contribution in [2.24, 2.45) is 0 Å². The maximum absolute atomic E-state index is 12.8. The number of ether oxygens (including phenoxy) is 3. The van der Waals surface area contributed by atoms with Gasteiger partial charge in [-0.3, -0.25) is 4.79 Å². The van der Waals surface area contributed by atoms with Crippen LogP contribution in [0.5, 0.6) is 17.2 Å². The van der Waals surface area contributed by atoms with Gasteiger partial charge in [-0.15, -0.1) is 0 Å². The molecule has 2 aromatic carbocycles. The molecule has 154 valence electrons. The van der Waals surface area contributed by atoms with Crippen molar-refractivity contribution in [2.75, 3.05) is 26.4 Å². The molecule has 0 spiro atoms. The molecule has 2 aliphatic heterocycles. The van der Waals surface area contributed by atoms with E-state index in [1.165, 1.54) is 5.56 Å². The first-order valence-corrected chi connectivity index (χ1v) is 10.6. The molecule has 0 radical (unpaired) electrons. The molecule has 1 unspecified atom stereocenters. The Labute approximate surface area is 172 Å². The van der Waals surface area contributed by atoms with Crippen LogP contribution >= 0.6 is 0 Å². The van der Waals surface area contributed by atoms with E-state index in [1.807, 2.05) is 35.2 Å². The molecule has 2 aromatic rings. The first-order chi connectivity index (χ1) is 14.2. The summed E-state index contributed by atoms with van der Waals surface area (Å²) in [7, 11) is 0. The molecule has 1 amide bonds. The third-order valence-corrected chi connectivity index (χ3v) is 5.57. The van der Waals surface area contributed by atoms with Crippen molar-refractivity contribution in [3.05, 3.63) is 53.6 Å². The summed E-state index contributed by atoms with van der Waals surface area (Å²) in [4.78, 5) is 14.9. The highest BCUT2D eigenvalue weighted by Crippen LogP contribution is 2.38. The number of likely N-dealkylation sites (tertiary alicyclic amines) is 1. The topological polar surface area (TPSA) is 48.0 Å². The maximum atomic E-state index is 12.8. The molecule has 1 atom stereocenters. The standard InChI is InChI=1S/C24H29NO4/c1-18-6-4-7-20(16-18)27-13-3-2-9-24(26)25-12-5-8-21(25)19-10-11-22-23(17-19)29-15-14-28-22/h4,6-7,10-11,16-17,21H,2-3,5,8-9,12-15H2,1H3. The molecule has 5 heteroatoms. The SMILES string of the molecule is Cc1cccc(OCCCCC(=O)N2CCCC2c2ccc3c(c2)OCCO3)c1. The third-order valence-electron chi connectivity index (χ3n) is 5.57. The van der Waals surface area contributed by atoms with E-state index in [0.29, 0.717) is 26.2 Å². The van der Waals surface area contributed by atoms with E-state index < -0.39 is 0 Å². The van der Waals surface area contributed by atoms with Crippen LogP contribution in [-0.4, -0.2) is 37.2 Å². The van der Waals surface area contributed by atoms with Gasteiger partial charge >= 0.3 is 0 Å². The summed E-state index contributed by atoms with van der Waals surface area (Å²) in [5.41, 5.74) is 2.33.